The summed E-state index contributed by atoms with van der Waals surface area (Å²) in [6, 6.07) is 13.8. The Morgan fingerprint density at radius 1 is 1.14 bits per heavy atom. The number of para-hydroxylation sites is 2. The van der Waals surface area contributed by atoms with Crippen LogP contribution in [0.2, 0.25) is 0 Å². The number of benzene rings is 2. The molecule has 0 aromatic heterocycles. The highest BCUT2D eigenvalue weighted by molar-refractivity contribution is 6.42. The first kappa shape index (κ1) is 18.7. The molecule has 2 aliphatic rings. The van der Waals surface area contributed by atoms with Crippen molar-refractivity contribution in [2.75, 3.05) is 13.7 Å². The quantitative estimate of drug-likeness (QED) is 0.722. The van der Waals surface area contributed by atoms with Crippen LogP contribution in [-0.2, 0) is 9.53 Å². The van der Waals surface area contributed by atoms with Crippen molar-refractivity contribution in [3.05, 3.63) is 78.1 Å². The second kappa shape index (κ2) is 8.14. The maximum atomic E-state index is 13.0. The van der Waals surface area contributed by atoms with Crippen LogP contribution < -0.4 is 9.47 Å². The summed E-state index contributed by atoms with van der Waals surface area (Å²) in [5, 5.41) is 0. The molecule has 6 nitrogen and oxygen atoms in total. The topological polar surface area (TPSA) is 74.2 Å². The van der Waals surface area contributed by atoms with Crippen molar-refractivity contribution in [2.45, 2.75) is 6.42 Å². The van der Waals surface area contributed by atoms with Crippen molar-refractivity contribution in [3.8, 4) is 11.5 Å². The van der Waals surface area contributed by atoms with Gasteiger partial charge in [-0.25, -0.2) is 9.79 Å². The lowest BCUT2D eigenvalue weighted by atomic mass is 9.91. The van der Waals surface area contributed by atoms with E-state index in [1.165, 1.54) is 7.11 Å². The van der Waals surface area contributed by atoms with Crippen molar-refractivity contribution in [1.82, 2.24) is 0 Å². The number of hydrogen-bond acceptors (Lipinski definition) is 6. The molecule has 1 atom stereocenters. The van der Waals surface area contributed by atoms with Crippen molar-refractivity contribution in [3.63, 3.8) is 0 Å². The summed E-state index contributed by atoms with van der Waals surface area (Å²) >= 11 is 0. The Labute approximate surface area is 168 Å². The number of carbonyl (C=O) groups excluding carboxylic acids is 2. The zero-order chi connectivity index (χ0) is 20.2. The molecule has 2 aromatic carbocycles. The molecule has 1 heterocycles. The Bertz CT molecular complexity index is 1030. The van der Waals surface area contributed by atoms with E-state index in [0.717, 1.165) is 0 Å². The fourth-order valence-electron chi connectivity index (χ4n) is 3.22. The number of carbonyl (C=O) groups is 2. The van der Waals surface area contributed by atoms with E-state index in [4.69, 9.17) is 9.47 Å². The first-order valence-corrected chi connectivity index (χ1v) is 9.22. The van der Waals surface area contributed by atoms with Crippen LogP contribution in [0, 0.1) is 5.92 Å². The van der Waals surface area contributed by atoms with Gasteiger partial charge in [-0.2, -0.15) is 0 Å². The minimum atomic E-state index is -0.427. The average Bonchev–Trinajstić information content (AvgIpc) is 2.94. The molecule has 1 aliphatic carbocycles. The Morgan fingerprint density at radius 3 is 2.72 bits per heavy atom. The predicted octanol–water partition coefficient (Wildman–Crippen LogP) is 4.05. The van der Waals surface area contributed by atoms with Crippen LogP contribution >= 0.6 is 0 Å². The highest BCUT2D eigenvalue weighted by atomic mass is 16.5. The van der Waals surface area contributed by atoms with Crippen LogP contribution in [0.1, 0.15) is 16.8 Å². The Balaban J connectivity index is 1.54. The van der Waals surface area contributed by atoms with E-state index in [9.17, 15) is 9.59 Å². The molecular formula is C23H19NO5. The molecule has 0 amide bonds. The first-order valence-electron chi connectivity index (χ1n) is 9.22. The van der Waals surface area contributed by atoms with E-state index in [1.54, 1.807) is 24.3 Å². The number of esters is 1. The van der Waals surface area contributed by atoms with Gasteiger partial charge in [0, 0.05) is 0 Å². The fourth-order valence-corrected chi connectivity index (χ4v) is 3.22. The highest BCUT2D eigenvalue weighted by Crippen LogP contribution is 2.37. The number of methoxy groups -OCH3 is 1. The average molecular weight is 389 g/mol. The molecule has 1 unspecified atom stereocenters. The van der Waals surface area contributed by atoms with Gasteiger partial charge in [-0.3, -0.25) is 4.79 Å². The Kier molecular flexibility index (Phi) is 5.24. The van der Waals surface area contributed by atoms with E-state index in [2.05, 4.69) is 9.73 Å². The Morgan fingerprint density at radius 2 is 1.93 bits per heavy atom. The summed E-state index contributed by atoms with van der Waals surface area (Å²) in [4.78, 5) is 29.1. The van der Waals surface area contributed by atoms with Gasteiger partial charge in [0.1, 0.15) is 17.2 Å². The normalized spacial score (nSPS) is 16.9. The zero-order valence-electron chi connectivity index (χ0n) is 15.8. The van der Waals surface area contributed by atoms with Gasteiger partial charge in [0.15, 0.2) is 12.4 Å². The second-order valence-corrected chi connectivity index (χ2v) is 6.58. The molecule has 1 aliphatic heterocycles. The van der Waals surface area contributed by atoms with Gasteiger partial charge < -0.3 is 14.2 Å². The number of hydrogen-bond donors (Lipinski definition) is 0. The first-order chi connectivity index (χ1) is 14.2. The molecule has 0 fully saturated rings. The molecule has 0 bridgehead atoms. The van der Waals surface area contributed by atoms with Gasteiger partial charge in [0.05, 0.1) is 24.3 Å². The van der Waals surface area contributed by atoms with E-state index in [-0.39, 0.29) is 18.3 Å². The lowest BCUT2D eigenvalue weighted by Crippen LogP contribution is -2.30. The van der Waals surface area contributed by atoms with E-state index in [1.807, 2.05) is 42.5 Å². The van der Waals surface area contributed by atoms with Gasteiger partial charge in [-0.15, -0.1) is 0 Å². The zero-order valence-corrected chi connectivity index (χ0v) is 15.8. The largest absolute Gasteiger partial charge is 0.485 e. The minimum absolute atomic E-state index is 0.161. The number of Topliss-reactive ketones (excluding diaryl/α,β-unsaturated/α-hetero) is 1. The third-order valence-electron chi connectivity index (χ3n) is 4.71. The molecule has 146 valence electrons. The van der Waals surface area contributed by atoms with Crippen LogP contribution in [-0.4, -0.2) is 31.2 Å². The number of ketones is 1. The lowest BCUT2D eigenvalue weighted by Gasteiger charge is -2.20. The summed E-state index contributed by atoms with van der Waals surface area (Å²) in [6.45, 7) is -0.161. The SMILES string of the molecule is COC(=O)c1ccc(OCC(=O)C2=Nc3ccccc3OC3=CC=CCC32)cc1. The second-order valence-electron chi connectivity index (χ2n) is 6.58. The number of ether oxygens (including phenoxy) is 3. The summed E-state index contributed by atoms with van der Waals surface area (Å²) in [5.41, 5.74) is 1.45. The van der Waals surface area contributed by atoms with Gasteiger partial charge in [0.25, 0.3) is 0 Å². The van der Waals surface area contributed by atoms with Crippen LogP contribution in [0.4, 0.5) is 5.69 Å². The van der Waals surface area contributed by atoms with Gasteiger partial charge in [-0.1, -0.05) is 24.3 Å². The molecule has 6 heteroatoms. The van der Waals surface area contributed by atoms with Gasteiger partial charge >= 0.3 is 5.97 Å². The third kappa shape index (κ3) is 3.96. The van der Waals surface area contributed by atoms with Crippen LogP contribution in [0.5, 0.6) is 11.5 Å². The maximum absolute atomic E-state index is 13.0. The third-order valence-corrected chi connectivity index (χ3v) is 4.71. The molecule has 29 heavy (non-hydrogen) atoms. The number of allylic oxidation sites excluding steroid dienone is 4. The molecule has 0 saturated carbocycles. The molecule has 0 radical (unpaired) electrons. The van der Waals surface area contributed by atoms with Crippen molar-refractivity contribution >= 4 is 23.2 Å². The molecule has 0 spiro atoms. The number of aliphatic imine (C=N–C) groups is 1. The lowest BCUT2D eigenvalue weighted by molar-refractivity contribution is -0.115. The molecule has 0 saturated heterocycles. The van der Waals surface area contributed by atoms with E-state index in [0.29, 0.717) is 40.6 Å². The number of rotatable bonds is 5. The van der Waals surface area contributed by atoms with E-state index < -0.39 is 5.97 Å². The molecule has 0 N–H and O–H groups in total. The summed E-state index contributed by atoms with van der Waals surface area (Å²) in [6.07, 6.45) is 6.41. The summed E-state index contributed by atoms with van der Waals surface area (Å²) in [7, 11) is 1.32. The summed E-state index contributed by atoms with van der Waals surface area (Å²) < 4.78 is 16.3. The van der Waals surface area contributed by atoms with Crippen LogP contribution in [0.3, 0.4) is 0 Å². The summed E-state index contributed by atoms with van der Waals surface area (Å²) in [5.74, 6) is 0.923. The molecular weight excluding hydrogens is 370 g/mol. The van der Waals surface area contributed by atoms with Gasteiger partial charge in [-0.05, 0) is 48.9 Å². The maximum Gasteiger partial charge on any atom is 0.337 e. The monoisotopic (exact) mass is 389 g/mol. The highest BCUT2D eigenvalue weighted by Gasteiger charge is 2.31. The van der Waals surface area contributed by atoms with Crippen molar-refractivity contribution < 1.29 is 23.8 Å². The van der Waals surface area contributed by atoms with Crippen LogP contribution in [0.15, 0.2) is 77.5 Å². The predicted molar refractivity (Wildman–Crippen MR) is 108 cm³/mol. The van der Waals surface area contributed by atoms with Crippen molar-refractivity contribution in [2.24, 2.45) is 10.9 Å². The minimum Gasteiger partial charge on any atom is -0.485 e. The standard InChI is InChI=1S/C23H19NO5/c1-27-23(26)15-10-12-16(13-11-15)28-14-19(25)22-17-6-2-4-8-20(17)29-21-9-5-3-7-18(21)24-22/h2-5,7-13,17H,6,14H2,1H3. The van der Waals surface area contributed by atoms with Gasteiger partial charge in [0.2, 0.25) is 5.78 Å². The molecule has 2 aromatic rings. The molecule has 4 rings (SSSR count). The van der Waals surface area contributed by atoms with E-state index >= 15 is 0 Å². The van der Waals surface area contributed by atoms with Crippen LogP contribution in [0.25, 0.3) is 0 Å². The number of nitrogens with zero attached hydrogens (tertiary/aromatic N) is 1. The Hall–Kier alpha value is -3.67. The number of fused-ring (bicyclic) bond motifs is 2. The fraction of sp³-hybridized carbons (Fsp3) is 0.174. The van der Waals surface area contributed by atoms with Crippen molar-refractivity contribution in [1.29, 1.82) is 0 Å². The smallest absolute Gasteiger partial charge is 0.337 e.